The first-order chi connectivity index (χ1) is 5.95. The van der Waals surface area contributed by atoms with E-state index in [1.807, 2.05) is 0 Å². The van der Waals surface area contributed by atoms with Crippen LogP contribution in [0.1, 0.15) is 12.8 Å². The van der Waals surface area contributed by atoms with Crippen molar-refractivity contribution in [2.75, 3.05) is 39.3 Å². The van der Waals surface area contributed by atoms with Gasteiger partial charge < -0.3 is 10.6 Å². The average molecular weight is 169 g/mol. The Hall–Kier alpha value is -0.120. The molecule has 12 heavy (non-hydrogen) atoms. The normalized spacial score (nSPS) is 32.5. The highest BCUT2D eigenvalue weighted by Gasteiger charge is 2.18. The van der Waals surface area contributed by atoms with E-state index >= 15 is 0 Å². The van der Waals surface area contributed by atoms with Crippen molar-refractivity contribution in [3.05, 3.63) is 0 Å². The lowest BCUT2D eigenvalue weighted by Gasteiger charge is -2.29. The SMILES string of the molecule is C1CNC(CN2CCNCC2)C1. The predicted octanol–water partition coefficient (Wildman–Crippen LogP) is -0.356. The molecule has 1 unspecified atom stereocenters. The summed E-state index contributed by atoms with van der Waals surface area (Å²) in [4.78, 5) is 2.57. The van der Waals surface area contributed by atoms with Crippen molar-refractivity contribution < 1.29 is 0 Å². The van der Waals surface area contributed by atoms with Gasteiger partial charge in [-0.3, -0.25) is 4.90 Å². The van der Waals surface area contributed by atoms with Crippen LogP contribution in [-0.2, 0) is 0 Å². The van der Waals surface area contributed by atoms with Crippen LogP contribution in [0.5, 0.6) is 0 Å². The first-order valence-electron chi connectivity index (χ1n) is 5.11. The third-order valence-corrected chi connectivity index (χ3v) is 2.85. The third kappa shape index (κ3) is 2.19. The molecule has 2 N–H and O–H groups in total. The number of rotatable bonds is 2. The maximum atomic E-state index is 3.54. The van der Waals surface area contributed by atoms with Crippen LogP contribution in [0.4, 0.5) is 0 Å². The summed E-state index contributed by atoms with van der Waals surface area (Å²) in [7, 11) is 0. The van der Waals surface area contributed by atoms with Gasteiger partial charge in [0, 0.05) is 38.8 Å². The smallest absolute Gasteiger partial charge is 0.0195 e. The minimum Gasteiger partial charge on any atom is -0.314 e. The van der Waals surface area contributed by atoms with Crippen LogP contribution in [0.2, 0.25) is 0 Å². The summed E-state index contributed by atoms with van der Waals surface area (Å²) in [5.41, 5.74) is 0. The lowest BCUT2D eigenvalue weighted by molar-refractivity contribution is 0.221. The molecule has 0 bridgehead atoms. The van der Waals surface area contributed by atoms with E-state index in [4.69, 9.17) is 0 Å². The summed E-state index contributed by atoms with van der Waals surface area (Å²) in [5, 5.41) is 6.92. The Morgan fingerprint density at radius 2 is 2.00 bits per heavy atom. The van der Waals surface area contributed by atoms with Gasteiger partial charge in [0.15, 0.2) is 0 Å². The maximum absolute atomic E-state index is 3.54. The Morgan fingerprint density at radius 3 is 2.67 bits per heavy atom. The van der Waals surface area contributed by atoms with E-state index < -0.39 is 0 Å². The third-order valence-electron chi connectivity index (χ3n) is 2.85. The molecule has 0 aromatic heterocycles. The zero-order chi connectivity index (χ0) is 8.23. The van der Waals surface area contributed by atoms with Gasteiger partial charge in [-0.15, -0.1) is 0 Å². The lowest BCUT2D eigenvalue weighted by Crippen LogP contribution is -2.47. The van der Waals surface area contributed by atoms with Crippen LogP contribution in [0, 0.1) is 0 Å². The van der Waals surface area contributed by atoms with E-state index in [2.05, 4.69) is 15.5 Å². The molecular formula is C9H19N3. The first-order valence-corrected chi connectivity index (χ1v) is 5.11. The van der Waals surface area contributed by atoms with Gasteiger partial charge in [0.2, 0.25) is 0 Å². The van der Waals surface area contributed by atoms with Crippen LogP contribution < -0.4 is 10.6 Å². The van der Waals surface area contributed by atoms with E-state index in [-0.39, 0.29) is 0 Å². The lowest BCUT2D eigenvalue weighted by atomic mass is 10.2. The van der Waals surface area contributed by atoms with Crippen LogP contribution >= 0.6 is 0 Å². The highest BCUT2D eigenvalue weighted by Crippen LogP contribution is 2.06. The van der Waals surface area contributed by atoms with Gasteiger partial charge in [-0.2, -0.15) is 0 Å². The van der Waals surface area contributed by atoms with Crippen molar-refractivity contribution in [1.82, 2.24) is 15.5 Å². The van der Waals surface area contributed by atoms with E-state index in [9.17, 15) is 0 Å². The fourth-order valence-corrected chi connectivity index (χ4v) is 2.12. The summed E-state index contributed by atoms with van der Waals surface area (Å²) >= 11 is 0. The molecule has 2 rings (SSSR count). The van der Waals surface area contributed by atoms with Crippen LogP contribution in [0.3, 0.4) is 0 Å². The molecule has 2 saturated heterocycles. The summed E-state index contributed by atoms with van der Waals surface area (Å²) in [6.45, 7) is 7.31. The molecule has 1 atom stereocenters. The van der Waals surface area contributed by atoms with Crippen molar-refractivity contribution in [2.24, 2.45) is 0 Å². The van der Waals surface area contributed by atoms with Crippen LogP contribution in [0.25, 0.3) is 0 Å². The maximum Gasteiger partial charge on any atom is 0.0195 e. The number of nitrogens with zero attached hydrogens (tertiary/aromatic N) is 1. The van der Waals surface area contributed by atoms with Gasteiger partial charge in [0.25, 0.3) is 0 Å². The molecule has 2 aliphatic rings. The van der Waals surface area contributed by atoms with Crippen molar-refractivity contribution in [1.29, 1.82) is 0 Å². The number of piperazine rings is 1. The van der Waals surface area contributed by atoms with Crippen LogP contribution in [-0.4, -0.2) is 50.2 Å². The van der Waals surface area contributed by atoms with Crippen LogP contribution in [0.15, 0.2) is 0 Å². The Bertz CT molecular complexity index is 126. The summed E-state index contributed by atoms with van der Waals surface area (Å²) in [5.74, 6) is 0. The molecular weight excluding hydrogens is 150 g/mol. The quantitative estimate of drug-likeness (QED) is 0.591. The monoisotopic (exact) mass is 169 g/mol. The second-order valence-electron chi connectivity index (χ2n) is 3.84. The second-order valence-corrected chi connectivity index (χ2v) is 3.84. The fraction of sp³-hybridized carbons (Fsp3) is 1.00. The molecule has 2 aliphatic heterocycles. The zero-order valence-corrected chi connectivity index (χ0v) is 7.68. The minimum absolute atomic E-state index is 0.781. The van der Waals surface area contributed by atoms with Gasteiger partial charge in [0.05, 0.1) is 0 Å². The topological polar surface area (TPSA) is 27.3 Å². The molecule has 2 heterocycles. The number of hydrogen-bond donors (Lipinski definition) is 2. The number of nitrogens with one attached hydrogen (secondary N) is 2. The highest BCUT2D eigenvalue weighted by molar-refractivity contribution is 4.79. The summed E-state index contributed by atoms with van der Waals surface area (Å²) < 4.78 is 0. The largest absolute Gasteiger partial charge is 0.314 e. The van der Waals surface area contributed by atoms with Gasteiger partial charge in [-0.05, 0) is 19.4 Å². The standard InChI is InChI=1S/C9H19N3/c1-2-9(11-3-1)8-12-6-4-10-5-7-12/h9-11H,1-8H2. The molecule has 0 aromatic rings. The molecule has 0 saturated carbocycles. The molecule has 3 nitrogen and oxygen atoms in total. The van der Waals surface area contributed by atoms with Gasteiger partial charge >= 0.3 is 0 Å². The summed E-state index contributed by atoms with van der Waals surface area (Å²) in [6, 6.07) is 0.781. The molecule has 2 fully saturated rings. The highest BCUT2D eigenvalue weighted by atomic mass is 15.2. The van der Waals surface area contributed by atoms with Crippen molar-refractivity contribution >= 4 is 0 Å². The second kappa shape index (κ2) is 4.21. The zero-order valence-electron chi connectivity index (χ0n) is 7.68. The van der Waals surface area contributed by atoms with Crippen molar-refractivity contribution in [2.45, 2.75) is 18.9 Å². The van der Waals surface area contributed by atoms with Gasteiger partial charge in [-0.25, -0.2) is 0 Å². The fourth-order valence-electron chi connectivity index (χ4n) is 2.12. The van der Waals surface area contributed by atoms with E-state index in [1.165, 1.54) is 52.1 Å². The molecule has 0 aliphatic carbocycles. The molecule has 0 radical (unpaired) electrons. The first kappa shape index (κ1) is 8.48. The minimum atomic E-state index is 0.781. The molecule has 70 valence electrons. The van der Waals surface area contributed by atoms with E-state index in [0.29, 0.717) is 0 Å². The van der Waals surface area contributed by atoms with Crippen molar-refractivity contribution in [3.8, 4) is 0 Å². The molecule has 0 amide bonds. The predicted molar refractivity (Wildman–Crippen MR) is 50.3 cm³/mol. The number of hydrogen-bond acceptors (Lipinski definition) is 3. The average Bonchev–Trinajstić information content (AvgIpc) is 2.59. The van der Waals surface area contributed by atoms with Gasteiger partial charge in [-0.1, -0.05) is 0 Å². The van der Waals surface area contributed by atoms with Gasteiger partial charge in [0.1, 0.15) is 0 Å². The van der Waals surface area contributed by atoms with E-state index in [0.717, 1.165) is 6.04 Å². The molecule has 0 aromatic carbocycles. The van der Waals surface area contributed by atoms with Crippen molar-refractivity contribution in [3.63, 3.8) is 0 Å². The molecule has 3 heteroatoms. The van der Waals surface area contributed by atoms with E-state index in [1.54, 1.807) is 0 Å². The molecule has 0 spiro atoms. The summed E-state index contributed by atoms with van der Waals surface area (Å²) in [6.07, 6.45) is 2.75. The Morgan fingerprint density at radius 1 is 1.17 bits per heavy atom. The Kier molecular flexibility index (Phi) is 2.98. The Balaban J connectivity index is 1.69. The Labute approximate surface area is 74.5 Å².